The van der Waals surface area contributed by atoms with Crippen LogP contribution in [0.1, 0.15) is 10.4 Å². The number of carbonyl (C=O) groups excluding carboxylic acids is 1. The number of aromatic nitrogens is 2. The minimum absolute atomic E-state index is 0.176. The van der Waals surface area contributed by atoms with Crippen LogP contribution in [0, 0.1) is 0 Å². The first-order chi connectivity index (χ1) is 12.1. The Labute approximate surface area is 145 Å². The van der Waals surface area contributed by atoms with Crippen molar-refractivity contribution in [3.8, 4) is 0 Å². The standard InChI is InChI=1S/C18H21N5O2/c19-16-14(17(20)24)11-13-12-3-1-2-4-15(12)23(18(13)21-16)6-5-22-7-9-25-10-8-22/h1-4,11H,5-10H2,(H2,19,21)(H2,20,24). The van der Waals surface area contributed by atoms with Crippen molar-refractivity contribution >= 4 is 33.7 Å². The summed E-state index contributed by atoms with van der Waals surface area (Å²) in [6.45, 7) is 5.15. The van der Waals surface area contributed by atoms with Crippen molar-refractivity contribution in [1.29, 1.82) is 0 Å². The first-order valence-electron chi connectivity index (χ1n) is 8.42. The SMILES string of the molecule is NC(=O)c1cc2c3ccccc3n(CCN3CCOCC3)c2nc1N. The van der Waals surface area contributed by atoms with E-state index in [1.165, 1.54) is 0 Å². The Morgan fingerprint density at radius 1 is 1.16 bits per heavy atom. The first kappa shape index (κ1) is 15.9. The molecule has 7 heteroatoms. The first-order valence-corrected chi connectivity index (χ1v) is 8.42. The molecule has 3 aromatic rings. The summed E-state index contributed by atoms with van der Waals surface area (Å²) in [6, 6.07) is 9.84. The number of ether oxygens (including phenoxy) is 1. The second-order valence-electron chi connectivity index (χ2n) is 6.28. The molecule has 25 heavy (non-hydrogen) atoms. The lowest BCUT2D eigenvalue weighted by atomic mass is 10.1. The fourth-order valence-corrected chi connectivity index (χ4v) is 3.46. The van der Waals surface area contributed by atoms with Gasteiger partial charge in [-0.3, -0.25) is 9.69 Å². The Balaban J connectivity index is 1.80. The fourth-order valence-electron chi connectivity index (χ4n) is 3.46. The van der Waals surface area contributed by atoms with Crippen LogP contribution in [0.2, 0.25) is 0 Å². The van der Waals surface area contributed by atoms with Gasteiger partial charge in [-0.2, -0.15) is 0 Å². The van der Waals surface area contributed by atoms with E-state index < -0.39 is 5.91 Å². The molecule has 4 N–H and O–H groups in total. The van der Waals surface area contributed by atoms with E-state index in [1.807, 2.05) is 18.2 Å². The van der Waals surface area contributed by atoms with Crippen molar-refractivity contribution in [1.82, 2.24) is 14.5 Å². The molecule has 1 aliphatic rings. The molecule has 1 fully saturated rings. The van der Waals surface area contributed by atoms with Gasteiger partial charge in [-0.25, -0.2) is 4.98 Å². The molecule has 1 saturated heterocycles. The summed E-state index contributed by atoms with van der Waals surface area (Å²) in [6.07, 6.45) is 0. The average Bonchev–Trinajstić information content (AvgIpc) is 2.92. The van der Waals surface area contributed by atoms with E-state index in [-0.39, 0.29) is 11.4 Å². The number of amides is 1. The van der Waals surface area contributed by atoms with Crippen molar-refractivity contribution < 1.29 is 9.53 Å². The molecule has 0 aliphatic carbocycles. The number of carbonyl (C=O) groups is 1. The van der Waals surface area contributed by atoms with Crippen LogP contribution >= 0.6 is 0 Å². The number of primary amides is 1. The predicted octanol–water partition coefficient (Wildman–Crippen LogP) is 1.20. The maximum Gasteiger partial charge on any atom is 0.252 e. The zero-order valence-corrected chi connectivity index (χ0v) is 13.9. The minimum Gasteiger partial charge on any atom is -0.383 e. The molecule has 130 valence electrons. The third-order valence-electron chi connectivity index (χ3n) is 4.78. The normalized spacial score (nSPS) is 15.8. The highest BCUT2D eigenvalue weighted by atomic mass is 16.5. The third-order valence-corrected chi connectivity index (χ3v) is 4.78. The van der Waals surface area contributed by atoms with E-state index >= 15 is 0 Å². The second-order valence-corrected chi connectivity index (χ2v) is 6.28. The summed E-state index contributed by atoms with van der Waals surface area (Å²) in [7, 11) is 0. The molecule has 1 aromatic carbocycles. The van der Waals surface area contributed by atoms with Crippen LogP contribution < -0.4 is 11.5 Å². The summed E-state index contributed by atoms with van der Waals surface area (Å²) in [5, 5.41) is 1.95. The molecule has 0 bridgehead atoms. The lowest BCUT2D eigenvalue weighted by Gasteiger charge is -2.26. The summed E-state index contributed by atoms with van der Waals surface area (Å²) < 4.78 is 7.58. The number of para-hydroxylation sites is 1. The van der Waals surface area contributed by atoms with Crippen molar-refractivity contribution in [2.24, 2.45) is 5.73 Å². The van der Waals surface area contributed by atoms with Crippen LogP contribution in [0.15, 0.2) is 30.3 Å². The summed E-state index contributed by atoms with van der Waals surface area (Å²) in [5.74, 6) is -0.382. The summed E-state index contributed by atoms with van der Waals surface area (Å²) in [4.78, 5) is 18.5. The Morgan fingerprint density at radius 2 is 1.92 bits per heavy atom. The maximum atomic E-state index is 11.6. The highest BCUT2D eigenvalue weighted by Crippen LogP contribution is 2.30. The Morgan fingerprint density at radius 3 is 2.68 bits per heavy atom. The number of hydrogen-bond acceptors (Lipinski definition) is 5. The Bertz CT molecular complexity index is 943. The molecule has 2 aromatic heterocycles. The number of pyridine rings is 1. The monoisotopic (exact) mass is 339 g/mol. The maximum absolute atomic E-state index is 11.6. The second kappa shape index (κ2) is 6.34. The lowest BCUT2D eigenvalue weighted by Crippen LogP contribution is -2.38. The molecule has 7 nitrogen and oxygen atoms in total. The van der Waals surface area contributed by atoms with Gasteiger partial charge in [0.05, 0.1) is 24.3 Å². The third kappa shape index (κ3) is 2.81. The van der Waals surface area contributed by atoms with Gasteiger partial charge in [0.15, 0.2) is 0 Å². The highest BCUT2D eigenvalue weighted by molar-refractivity contribution is 6.10. The van der Waals surface area contributed by atoms with Crippen molar-refractivity contribution in [3.05, 3.63) is 35.9 Å². The van der Waals surface area contributed by atoms with Gasteiger partial charge in [-0.1, -0.05) is 18.2 Å². The van der Waals surface area contributed by atoms with E-state index in [9.17, 15) is 4.79 Å². The molecule has 1 aliphatic heterocycles. The molecule has 0 unspecified atom stereocenters. The highest BCUT2D eigenvalue weighted by Gasteiger charge is 2.17. The smallest absolute Gasteiger partial charge is 0.252 e. The fraction of sp³-hybridized carbons (Fsp3) is 0.333. The van der Waals surface area contributed by atoms with Gasteiger partial charge in [-0.15, -0.1) is 0 Å². The molecule has 3 heterocycles. The van der Waals surface area contributed by atoms with Crippen LogP contribution in [0.3, 0.4) is 0 Å². The zero-order valence-electron chi connectivity index (χ0n) is 13.9. The Kier molecular flexibility index (Phi) is 4.03. The summed E-state index contributed by atoms with van der Waals surface area (Å²) in [5.41, 5.74) is 13.5. The number of nitrogen functional groups attached to an aromatic ring is 1. The molecule has 4 rings (SSSR count). The largest absolute Gasteiger partial charge is 0.383 e. The van der Waals surface area contributed by atoms with Crippen LogP contribution in [0.25, 0.3) is 21.9 Å². The van der Waals surface area contributed by atoms with E-state index in [0.717, 1.165) is 61.3 Å². The molecular formula is C18H21N5O2. The van der Waals surface area contributed by atoms with Gasteiger partial charge in [0.25, 0.3) is 5.91 Å². The number of benzene rings is 1. The summed E-state index contributed by atoms with van der Waals surface area (Å²) >= 11 is 0. The van der Waals surface area contributed by atoms with E-state index in [4.69, 9.17) is 16.2 Å². The lowest BCUT2D eigenvalue weighted by molar-refractivity contribution is 0.0366. The quantitative estimate of drug-likeness (QED) is 0.744. The number of nitrogens with zero attached hydrogens (tertiary/aromatic N) is 3. The van der Waals surface area contributed by atoms with E-state index in [2.05, 4.69) is 20.5 Å². The topological polar surface area (TPSA) is 99.4 Å². The van der Waals surface area contributed by atoms with Crippen LogP contribution in [-0.2, 0) is 11.3 Å². The van der Waals surface area contributed by atoms with Gasteiger partial charge in [0.2, 0.25) is 0 Å². The van der Waals surface area contributed by atoms with Gasteiger partial charge in [0, 0.05) is 37.0 Å². The molecule has 0 spiro atoms. The van der Waals surface area contributed by atoms with Gasteiger partial charge in [-0.05, 0) is 12.1 Å². The van der Waals surface area contributed by atoms with Crippen LogP contribution in [0.4, 0.5) is 5.82 Å². The van der Waals surface area contributed by atoms with Gasteiger partial charge < -0.3 is 20.8 Å². The number of morpholine rings is 1. The molecule has 1 amide bonds. The predicted molar refractivity (Wildman–Crippen MR) is 97.4 cm³/mol. The number of rotatable bonds is 4. The van der Waals surface area contributed by atoms with E-state index in [1.54, 1.807) is 6.07 Å². The average molecular weight is 339 g/mol. The van der Waals surface area contributed by atoms with E-state index in [0.29, 0.717) is 0 Å². The zero-order chi connectivity index (χ0) is 17.4. The molecular weight excluding hydrogens is 318 g/mol. The Hall–Kier alpha value is -2.64. The van der Waals surface area contributed by atoms with Gasteiger partial charge >= 0.3 is 0 Å². The number of nitrogens with two attached hydrogens (primary N) is 2. The van der Waals surface area contributed by atoms with Crippen molar-refractivity contribution in [2.75, 3.05) is 38.6 Å². The van der Waals surface area contributed by atoms with Crippen LogP contribution in [0.5, 0.6) is 0 Å². The van der Waals surface area contributed by atoms with Gasteiger partial charge in [0.1, 0.15) is 11.5 Å². The molecule has 0 saturated carbocycles. The number of fused-ring (bicyclic) bond motifs is 3. The van der Waals surface area contributed by atoms with Crippen molar-refractivity contribution in [2.45, 2.75) is 6.54 Å². The molecule has 0 radical (unpaired) electrons. The van der Waals surface area contributed by atoms with Crippen molar-refractivity contribution in [3.63, 3.8) is 0 Å². The number of anilines is 1. The number of hydrogen-bond donors (Lipinski definition) is 2. The van der Waals surface area contributed by atoms with Crippen LogP contribution in [-0.4, -0.2) is 53.2 Å². The minimum atomic E-state index is -0.558. The molecule has 0 atom stereocenters.